The highest BCUT2D eigenvalue weighted by atomic mass is 35.5. The molecule has 1 amide bonds. The van der Waals surface area contributed by atoms with E-state index in [1.807, 2.05) is 18.2 Å². The number of benzene rings is 2. The van der Waals surface area contributed by atoms with Crippen LogP contribution in [0.4, 0.5) is 4.39 Å². The lowest BCUT2D eigenvalue weighted by Crippen LogP contribution is -2.45. The summed E-state index contributed by atoms with van der Waals surface area (Å²) in [7, 11) is 0. The van der Waals surface area contributed by atoms with E-state index in [-0.39, 0.29) is 18.7 Å². The molecule has 0 aliphatic carbocycles. The molecule has 1 aromatic heterocycles. The molecule has 0 bridgehead atoms. The average Bonchev–Trinajstić information content (AvgIpc) is 3.09. The smallest absolute Gasteiger partial charge is 0.305 e. The summed E-state index contributed by atoms with van der Waals surface area (Å²) < 4.78 is 14.3. The standard InChI is InChI=1S/C23H22ClFN2O5/c1-2-13(23(32)26-17(11-22(30)31)20(28)12-25)9-21(29)27-18-6-4-3-5-15(18)16-8-7-14(24)10-19(16)27/h3-8,10,13,17H,2,9,11-12H2,1H3,(H,26,32)(H,30,31). The number of halogens is 2. The van der Waals surface area contributed by atoms with Gasteiger partial charge < -0.3 is 10.4 Å². The third-order valence-electron chi connectivity index (χ3n) is 5.39. The zero-order valence-electron chi connectivity index (χ0n) is 17.3. The molecule has 1 heterocycles. The molecule has 32 heavy (non-hydrogen) atoms. The minimum absolute atomic E-state index is 0.188. The molecule has 0 fully saturated rings. The number of carboxylic acid groups (broad SMARTS) is 1. The number of para-hydroxylation sites is 1. The molecule has 3 aromatic rings. The number of carbonyl (C=O) groups is 4. The van der Waals surface area contributed by atoms with Gasteiger partial charge in [0.2, 0.25) is 11.8 Å². The Kier molecular flexibility index (Phi) is 7.25. The predicted molar refractivity (Wildman–Crippen MR) is 119 cm³/mol. The van der Waals surface area contributed by atoms with Crippen molar-refractivity contribution in [2.24, 2.45) is 5.92 Å². The number of rotatable bonds is 9. The van der Waals surface area contributed by atoms with Gasteiger partial charge in [0.1, 0.15) is 12.7 Å². The highest BCUT2D eigenvalue weighted by molar-refractivity contribution is 6.31. The van der Waals surface area contributed by atoms with Crippen molar-refractivity contribution in [2.45, 2.75) is 32.2 Å². The first kappa shape index (κ1) is 23.4. The maximum Gasteiger partial charge on any atom is 0.305 e. The summed E-state index contributed by atoms with van der Waals surface area (Å²) in [5.74, 6) is -4.23. The first-order chi connectivity index (χ1) is 15.3. The number of fused-ring (bicyclic) bond motifs is 3. The largest absolute Gasteiger partial charge is 0.481 e. The Labute approximate surface area is 188 Å². The van der Waals surface area contributed by atoms with Gasteiger partial charge in [0.25, 0.3) is 0 Å². The van der Waals surface area contributed by atoms with E-state index in [1.54, 1.807) is 31.2 Å². The average molecular weight is 461 g/mol. The van der Waals surface area contributed by atoms with E-state index in [2.05, 4.69) is 5.32 Å². The van der Waals surface area contributed by atoms with E-state index in [0.717, 1.165) is 10.8 Å². The Morgan fingerprint density at radius 3 is 2.41 bits per heavy atom. The molecule has 2 atom stereocenters. The zero-order chi connectivity index (χ0) is 23.4. The van der Waals surface area contributed by atoms with Gasteiger partial charge in [-0.2, -0.15) is 0 Å². The maximum absolute atomic E-state index is 13.3. The minimum atomic E-state index is -1.49. The molecule has 0 saturated carbocycles. The summed E-state index contributed by atoms with van der Waals surface area (Å²) in [5.41, 5.74) is 1.27. The molecule has 0 saturated heterocycles. The van der Waals surface area contributed by atoms with Crippen molar-refractivity contribution in [1.82, 2.24) is 9.88 Å². The van der Waals surface area contributed by atoms with Crippen molar-refractivity contribution >= 4 is 57.0 Å². The van der Waals surface area contributed by atoms with E-state index in [4.69, 9.17) is 16.7 Å². The number of aliphatic carboxylic acids is 1. The number of hydrogen-bond donors (Lipinski definition) is 2. The number of carboxylic acids is 1. The Morgan fingerprint density at radius 1 is 1.06 bits per heavy atom. The maximum atomic E-state index is 13.3. The van der Waals surface area contributed by atoms with Gasteiger partial charge in [-0.25, -0.2) is 4.39 Å². The van der Waals surface area contributed by atoms with Crippen molar-refractivity contribution in [3.05, 3.63) is 47.5 Å². The molecule has 2 unspecified atom stereocenters. The molecule has 168 valence electrons. The summed E-state index contributed by atoms with van der Waals surface area (Å²) in [6, 6.07) is 11.1. The van der Waals surface area contributed by atoms with Gasteiger partial charge in [0.15, 0.2) is 5.78 Å². The molecule has 0 spiro atoms. The predicted octanol–water partition coefficient (Wildman–Crippen LogP) is 4.00. The Balaban J connectivity index is 1.90. The van der Waals surface area contributed by atoms with Crippen LogP contribution in [0.25, 0.3) is 21.8 Å². The fraction of sp³-hybridized carbons (Fsp3) is 0.304. The molecular weight excluding hydrogens is 439 g/mol. The van der Waals surface area contributed by atoms with Crippen LogP contribution < -0.4 is 5.32 Å². The fourth-order valence-corrected chi connectivity index (χ4v) is 3.91. The Hall–Kier alpha value is -3.26. The Morgan fingerprint density at radius 2 is 1.75 bits per heavy atom. The number of carbonyl (C=O) groups excluding carboxylic acids is 3. The van der Waals surface area contributed by atoms with Crippen molar-refractivity contribution in [2.75, 3.05) is 6.67 Å². The van der Waals surface area contributed by atoms with Gasteiger partial charge >= 0.3 is 5.97 Å². The van der Waals surface area contributed by atoms with Crippen molar-refractivity contribution < 1.29 is 28.7 Å². The van der Waals surface area contributed by atoms with Gasteiger partial charge in [0, 0.05) is 28.1 Å². The number of nitrogens with zero attached hydrogens (tertiary/aromatic N) is 1. The van der Waals surface area contributed by atoms with Gasteiger partial charge in [-0.3, -0.25) is 23.7 Å². The highest BCUT2D eigenvalue weighted by Crippen LogP contribution is 2.31. The van der Waals surface area contributed by atoms with E-state index >= 15 is 0 Å². The topological polar surface area (TPSA) is 105 Å². The number of Topliss-reactive ketones (excluding diaryl/α,β-unsaturated/α-hetero) is 1. The summed E-state index contributed by atoms with van der Waals surface area (Å²) in [6.45, 7) is 0.305. The third kappa shape index (κ3) is 4.80. The van der Waals surface area contributed by atoms with E-state index in [9.17, 15) is 23.6 Å². The Bertz CT molecular complexity index is 1210. The van der Waals surface area contributed by atoms with E-state index in [0.29, 0.717) is 16.1 Å². The van der Waals surface area contributed by atoms with Crippen LogP contribution in [0.3, 0.4) is 0 Å². The number of hydrogen-bond acceptors (Lipinski definition) is 4. The molecule has 0 aliphatic rings. The van der Waals surface area contributed by atoms with E-state index in [1.165, 1.54) is 4.57 Å². The van der Waals surface area contributed by atoms with Gasteiger partial charge in [-0.15, -0.1) is 0 Å². The SMILES string of the molecule is CCC(CC(=O)n1c2ccccc2c2ccc(Cl)cc21)C(=O)NC(CC(=O)O)C(=O)CF. The van der Waals surface area contributed by atoms with Crippen LogP contribution in [0.5, 0.6) is 0 Å². The second kappa shape index (κ2) is 9.91. The number of nitrogens with one attached hydrogen (secondary N) is 1. The summed E-state index contributed by atoms with van der Waals surface area (Å²) in [5, 5.41) is 13.4. The number of amides is 1. The lowest BCUT2D eigenvalue weighted by molar-refractivity contribution is -0.140. The van der Waals surface area contributed by atoms with Crippen LogP contribution in [0.15, 0.2) is 42.5 Å². The van der Waals surface area contributed by atoms with Crippen LogP contribution in [0.2, 0.25) is 5.02 Å². The molecule has 7 nitrogen and oxygen atoms in total. The summed E-state index contributed by atoms with van der Waals surface area (Å²) >= 11 is 6.15. The van der Waals surface area contributed by atoms with Crippen molar-refractivity contribution in [3.63, 3.8) is 0 Å². The van der Waals surface area contributed by atoms with Gasteiger partial charge in [-0.1, -0.05) is 42.8 Å². The molecule has 2 N–H and O–H groups in total. The van der Waals surface area contributed by atoms with Crippen LogP contribution in [-0.4, -0.2) is 46.0 Å². The van der Waals surface area contributed by atoms with Gasteiger partial charge in [-0.05, 0) is 24.6 Å². The first-order valence-corrected chi connectivity index (χ1v) is 10.5. The molecule has 9 heteroatoms. The first-order valence-electron chi connectivity index (χ1n) is 10.1. The second-order valence-corrected chi connectivity index (χ2v) is 7.91. The lowest BCUT2D eigenvalue weighted by Gasteiger charge is -2.19. The normalized spacial score (nSPS) is 13.1. The molecular formula is C23H22ClFN2O5. The number of alkyl halides is 1. The molecule has 0 radical (unpaired) electrons. The van der Waals surface area contributed by atoms with E-state index < -0.39 is 42.7 Å². The zero-order valence-corrected chi connectivity index (χ0v) is 18.1. The highest BCUT2D eigenvalue weighted by Gasteiger charge is 2.29. The summed E-state index contributed by atoms with van der Waals surface area (Å²) in [6.07, 6.45) is -0.657. The van der Waals surface area contributed by atoms with Crippen molar-refractivity contribution in [3.8, 4) is 0 Å². The monoisotopic (exact) mass is 460 g/mol. The van der Waals surface area contributed by atoms with Crippen LogP contribution >= 0.6 is 11.6 Å². The fourth-order valence-electron chi connectivity index (χ4n) is 3.74. The molecule has 0 aliphatic heterocycles. The number of ketones is 1. The van der Waals surface area contributed by atoms with Crippen LogP contribution in [0, 0.1) is 5.92 Å². The van der Waals surface area contributed by atoms with Crippen LogP contribution in [0.1, 0.15) is 31.0 Å². The molecule has 3 rings (SSSR count). The second-order valence-electron chi connectivity index (χ2n) is 7.48. The van der Waals surface area contributed by atoms with Crippen LogP contribution in [-0.2, 0) is 14.4 Å². The minimum Gasteiger partial charge on any atom is -0.481 e. The van der Waals surface area contributed by atoms with Gasteiger partial charge in [0.05, 0.1) is 17.5 Å². The van der Waals surface area contributed by atoms with Crippen molar-refractivity contribution in [1.29, 1.82) is 0 Å². The number of aromatic nitrogens is 1. The summed E-state index contributed by atoms with van der Waals surface area (Å²) in [4.78, 5) is 48.7. The third-order valence-corrected chi connectivity index (χ3v) is 5.62. The molecule has 2 aromatic carbocycles. The quantitative estimate of drug-likeness (QED) is 0.502. The lowest BCUT2D eigenvalue weighted by atomic mass is 9.99.